The fourth-order valence-corrected chi connectivity index (χ4v) is 4.37. The van der Waals surface area contributed by atoms with E-state index >= 15 is 0 Å². The predicted molar refractivity (Wildman–Crippen MR) is 105 cm³/mol. The van der Waals surface area contributed by atoms with Crippen LogP contribution >= 0.6 is 0 Å². The van der Waals surface area contributed by atoms with Crippen molar-refractivity contribution in [2.45, 2.75) is 18.7 Å². The van der Waals surface area contributed by atoms with Crippen molar-refractivity contribution in [2.24, 2.45) is 0 Å². The van der Waals surface area contributed by atoms with Crippen molar-refractivity contribution in [3.8, 4) is 0 Å². The van der Waals surface area contributed by atoms with Gasteiger partial charge in [0.25, 0.3) is 10.0 Å². The van der Waals surface area contributed by atoms with Gasteiger partial charge in [-0.3, -0.25) is 9.71 Å². The summed E-state index contributed by atoms with van der Waals surface area (Å²) in [5.74, 6) is 0. The first-order chi connectivity index (χ1) is 12.8. The molecule has 0 aliphatic carbocycles. The molecular formula is C20H16N2O4S. The molecule has 0 radical (unpaired) electrons. The highest BCUT2D eigenvalue weighted by molar-refractivity contribution is 7.93. The van der Waals surface area contributed by atoms with E-state index in [-0.39, 0.29) is 4.90 Å². The summed E-state index contributed by atoms with van der Waals surface area (Å²) in [6, 6.07) is 12.8. The summed E-state index contributed by atoms with van der Waals surface area (Å²) in [7, 11) is -3.84. The van der Waals surface area contributed by atoms with Gasteiger partial charge in [-0.25, -0.2) is 13.2 Å². The number of anilines is 1. The highest BCUT2D eigenvalue weighted by Gasteiger charge is 2.20. The lowest BCUT2D eigenvalue weighted by Crippen LogP contribution is -2.14. The van der Waals surface area contributed by atoms with Gasteiger partial charge in [-0.1, -0.05) is 0 Å². The van der Waals surface area contributed by atoms with Crippen molar-refractivity contribution < 1.29 is 12.8 Å². The Kier molecular flexibility index (Phi) is 3.96. The second-order valence-electron chi connectivity index (χ2n) is 6.33. The van der Waals surface area contributed by atoms with Crippen LogP contribution in [0, 0.1) is 13.8 Å². The molecule has 0 atom stereocenters. The molecule has 4 aromatic rings. The zero-order valence-electron chi connectivity index (χ0n) is 14.7. The lowest BCUT2D eigenvalue weighted by Gasteiger charge is -2.13. The smallest absolute Gasteiger partial charge is 0.336 e. The van der Waals surface area contributed by atoms with E-state index in [0.29, 0.717) is 27.6 Å². The number of benzene rings is 2. The van der Waals surface area contributed by atoms with E-state index in [1.807, 2.05) is 13.8 Å². The van der Waals surface area contributed by atoms with Gasteiger partial charge in [0.15, 0.2) is 0 Å². The number of nitrogens with one attached hydrogen (secondary N) is 1. The molecule has 27 heavy (non-hydrogen) atoms. The van der Waals surface area contributed by atoms with Crippen LogP contribution in [0.2, 0.25) is 0 Å². The molecular weight excluding hydrogens is 364 g/mol. The minimum Gasteiger partial charge on any atom is -0.423 e. The lowest BCUT2D eigenvalue weighted by atomic mass is 10.1. The van der Waals surface area contributed by atoms with Crippen molar-refractivity contribution in [3.63, 3.8) is 0 Å². The van der Waals surface area contributed by atoms with E-state index in [0.717, 1.165) is 11.1 Å². The summed E-state index contributed by atoms with van der Waals surface area (Å²) in [6.07, 6.45) is 1.65. The Morgan fingerprint density at radius 3 is 2.67 bits per heavy atom. The first-order valence-electron chi connectivity index (χ1n) is 8.27. The second kappa shape index (κ2) is 6.21. The molecule has 0 spiro atoms. The number of aryl methyl sites for hydroxylation is 2. The number of hydrogen-bond acceptors (Lipinski definition) is 5. The Bertz CT molecular complexity index is 1360. The molecule has 4 rings (SSSR count). The number of sulfonamides is 1. The number of aromatic nitrogens is 1. The fraction of sp³-hybridized carbons (Fsp3) is 0.100. The molecule has 136 valence electrons. The standard InChI is InChI=1S/C20H16N2O4S/c1-12-10-18(16-4-3-9-21-20(16)13(12)2)27(24,25)22-15-6-7-17-14(11-15)5-8-19(23)26-17/h3-11,22H,1-2H3. The van der Waals surface area contributed by atoms with E-state index in [1.165, 1.54) is 6.07 Å². The van der Waals surface area contributed by atoms with Crippen molar-refractivity contribution in [3.05, 3.63) is 76.3 Å². The fourth-order valence-electron chi connectivity index (χ4n) is 3.04. The van der Waals surface area contributed by atoms with Crippen LogP contribution in [-0.4, -0.2) is 13.4 Å². The van der Waals surface area contributed by atoms with Gasteiger partial charge in [0, 0.05) is 28.7 Å². The van der Waals surface area contributed by atoms with Crippen LogP contribution < -0.4 is 10.3 Å². The molecule has 0 aliphatic heterocycles. The van der Waals surface area contributed by atoms with Crippen LogP contribution in [0.25, 0.3) is 21.9 Å². The molecule has 1 N–H and O–H groups in total. The van der Waals surface area contributed by atoms with Crippen LogP contribution in [0.15, 0.2) is 68.8 Å². The summed E-state index contributed by atoms with van der Waals surface area (Å²) < 4.78 is 33.8. The molecule has 6 nitrogen and oxygen atoms in total. The van der Waals surface area contributed by atoms with Crippen molar-refractivity contribution in [1.82, 2.24) is 4.98 Å². The number of rotatable bonds is 3. The van der Waals surface area contributed by atoms with Crippen LogP contribution in [-0.2, 0) is 10.0 Å². The van der Waals surface area contributed by atoms with Crippen LogP contribution in [0.5, 0.6) is 0 Å². The van der Waals surface area contributed by atoms with Gasteiger partial charge >= 0.3 is 5.63 Å². The van der Waals surface area contributed by atoms with Gasteiger partial charge in [-0.2, -0.15) is 0 Å². The van der Waals surface area contributed by atoms with Crippen molar-refractivity contribution in [2.75, 3.05) is 4.72 Å². The molecule has 7 heteroatoms. The maximum atomic E-state index is 13.1. The van der Waals surface area contributed by atoms with Crippen LogP contribution in [0.1, 0.15) is 11.1 Å². The highest BCUT2D eigenvalue weighted by Crippen LogP contribution is 2.29. The predicted octanol–water partition coefficient (Wildman–Crippen LogP) is 3.76. The van der Waals surface area contributed by atoms with Crippen molar-refractivity contribution in [1.29, 1.82) is 0 Å². The zero-order valence-corrected chi connectivity index (χ0v) is 15.5. The third-order valence-corrected chi connectivity index (χ3v) is 5.95. The van der Waals surface area contributed by atoms with Crippen molar-refractivity contribution >= 4 is 37.6 Å². The summed E-state index contributed by atoms with van der Waals surface area (Å²) in [4.78, 5) is 15.8. The molecule has 0 saturated carbocycles. The Morgan fingerprint density at radius 1 is 1.04 bits per heavy atom. The van der Waals surface area contributed by atoms with Gasteiger partial charge in [0.2, 0.25) is 0 Å². The summed E-state index contributed by atoms with van der Waals surface area (Å²) in [5.41, 5.74) is 2.79. The Balaban J connectivity index is 1.83. The molecule has 0 amide bonds. The molecule has 2 aromatic carbocycles. The van der Waals surface area contributed by atoms with Gasteiger partial charge in [0.1, 0.15) is 5.58 Å². The van der Waals surface area contributed by atoms with Gasteiger partial charge in [0.05, 0.1) is 10.4 Å². The van der Waals surface area contributed by atoms with E-state index in [1.54, 1.807) is 48.7 Å². The maximum Gasteiger partial charge on any atom is 0.336 e. The molecule has 0 aliphatic rings. The monoisotopic (exact) mass is 380 g/mol. The van der Waals surface area contributed by atoms with Gasteiger partial charge in [-0.15, -0.1) is 0 Å². The highest BCUT2D eigenvalue weighted by atomic mass is 32.2. The molecule has 0 unspecified atom stereocenters. The van der Waals surface area contributed by atoms with Crippen LogP contribution in [0.4, 0.5) is 5.69 Å². The first-order valence-corrected chi connectivity index (χ1v) is 9.75. The molecule has 0 fully saturated rings. The first kappa shape index (κ1) is 17.2. The Labute approximate surface area is 155 Å². The number of pyridine rings is 1. The Hall–Kier alpha value is -3.19. The molecule has 0 bridgehead atoms. The van der Waals surface area contributed by atoms with E-state index in [4.69, 9.17) is 4.42 Å². The molecule has 0 saturated heterocycles. The third-order valence-electron chi connectivity index (χ3n) is 4.53. The van der Waals surface area contributed by atoms with Gasteiger partial charge < -0.3 is 4.42 Å². The van der Waals surface area contributed by atoms with E-state index in [9.17, 15) is 13.2 Å². The normalized spacial score (nSPS) is 11.8. The summed E-state index contributed by atoms with van der Waals surface area (Å²) in [6.45, 7) is 3.78. The minimum absolute atomic E-state index is 0.174. The summed E-state index contributed by atoms with van der Waals surface area (Å²) in [5, 5.41) is 1.20. The average Bonchev–Trinajstić information content (AvgIpc) is 2.64. The van der Waals surface area contributed by atoms with Gasteiger partial charge in [-0.05, 0) is 67.4 Å². The average molecular weight is 380 g/mol. The Morgan fingerprint density at radius 2 is 1.85 bits per heavy atom. The molecule has 2 heterocycles. The number of fused-ring (bicyclic) bond motifs is 2. The third kappa shape index (κ3) is 3.06. The molecule has 2 aromatic heterocycles. The maximum absolute atomic E-state index is 13.1. The van der Waals surface area contributed by atoms with Crippen LogP contribution in [0.3, 0.4) is 0 Å². The second-order valence-corrected chi connectivity index (χ2v) is 7.98. The number of nitrogens with zero attached hydrogens (tertiary/aromatic N) is 1. The van der Waals surface area contributed by atoms with E-state index < -0.39 is 15.6 Å². The van der Waals surface area contributed by atoms with E-state index in [2.05, 4.69) is 9.71 Å². The summed E-state index contributed by atoms with van der Waals surface area (Å²) >= 11 is 0. The lowest BCUT2D eigenvalue weighted by molar-refractivity contribution is 0.561. The SMILES string of the molecule is Cc1cc(S(=O)(=O)Nc2ccc3oc(=O)ccc3c2)c2cccnc2c1C. The zero-order chi connectivity index (χ0) is 19.2. The topological polar surface area (TPSA) is 89.3 Å². The number of hydrogen-bond donors (Lipinski definition) is 1. The quantitative estimate of drug-likeness (QED) is 0.547. The minimum atomic E-state index is -3.84. The largest absolute Gasteiger partial charge is 0.423 e.